The molecule has 23 heavy (non-hydrogen) atoms. The number of esters is 3. The minimum Gasteiger partial charge on any atom is -0.487 e. The third-order valence-electron chi connectivity index (χ3n) is 3.36. The van der Waals surface area contributed by atoms with Crippen molar-refractivity contribution in [3.05, 3.63) is 6.07 Å². The quantitative estimate of drug-likeness (QED) is 0.435. The van der Waals surface area contributed by atoms with Crippen molar-refractivity contribution in [2.45, 2.75) is 25.4 Å². The summed E-state index contributed by atoms with van der Waals surface area (Å²) in [5.74, 6) is -3.82. The Morgan fingerprint density at radius 2 is 1.83 bits per heavy atom. The van der Waals surface area contributed by atoms with Crippen LogP contribution in [0.25, 0.3) is 0 Å². The number of carbonyl (C=O) groups is 3. The summed E-state index contributed by atoms with van der Waals surface area (Å²) in [5, 5.41) is 10.3. The predicted octanol–water partition coefficient (Wildman–Crippen LogP) is -0.0778. The summed E-state index contributed by atoms with van der Waals surface area (Å²) >= 11 is 0. The monoisotopic (exact) mass is 323 g/mol. The maximum atomic E-state index is 12.2. The summed E-state index contributed by atoms with van der Waals surface area (Å²) in [5.41, 5.74) is 3.30. The molecule has 0 fully saturated rings. The van der Waals surface area contributed by atoms with Gasteiger partial charge in [0.25, 0.3) is 0 Å². The first-order valence-corrected chi connectivity index (χ1v) is 6.79. The van der Waals surface area contributed by atoms with Gasteiger partial charge >= 0.3 is 17.9 Å². The standard InChI is InChI=1S/C14H13NO8/c1-2-20-11-7-3-6(15)10-12(11)23-13(18)14(19,4-8(16)21-7)5-9(17)22-10/h3,19H,2,4-5,15H2,1H3. The summed E-state index contributed by atoms with van der Waals surface area (Å²) < 4.78 is 20.6. The molecule has 122 valence electrons. The number of nitrogens with two attached hydrogens (primary N) is 1. The molecule has 2 aliphatic rings. The molecule has 3 bridgehead atoms. The highest BCUT2D eigenvalue weighted by Crippen LogP contribution is 2.50. The molecule has 0 radical (unpaired) electrons. The third kappa shape index (κ3) is 2.44. The molecule has 1 unspecified atom stereocenters. The molecule has 1 atom stereocenters. The Kier molecular flexibility index (Phi) is 3.37. The highest BCUT2D eigenvalue weighted by molar-refractivity contribution is 5.96. The molecule has 2 heterocycles. The number of benzene rings is 1. The normalized spacial score (nSPS) is 23.0. The molecule has 0 saturated carbocycles. The van der Waals surface area contributed by atoms with E-state index in [4.69, 9.17) is 24.7 Å². The van der Waals surface area contributed by atoms with Crippen LogP contribution in [0.5, 0.6) is 23.0 Å². The van der Waals surface area contributed by atoms with E-state index in [0.717, 1.165) is 0 Å². The molecule has 3 N–H and O–H groups in total. The number of nitrogen functional groups attached to an aromatic ring is 1. The zero-order valence-corrected chi connectivity index (χ0v) is 12.1. The van der Waals surface area contributed by atoms with Gasteiger partial charge in [0.1, 0.15) is 0 Å². The van der Waals surface area contributed by atoms with Crippen LogP contribution < -0.4 is 24.7 Å². The Morgan fingerprint density at radius 1 is 1.17 bits per heavy atom. The van der Waals surface area contributed by atoms with Gasteiger partial charge in [0.2, 0.25) is 17.2 Å². The fraction of sp³-hybridized carbons (Fsp3) is 0.357. The molecule has 2 aliphatic heterocycles. The van der Waals surface area contributed by atoms with Gasteiger partial charge in [-0.15, -0.1) is 0 Å². The molecule has 0 aromatic heterocycles. The van der Waals surface area contributed by atoms with Gasteiger partial charge < -0.3 is 29.8 Å². The van der Waals surface area contributed by atoms with Gasteiger partial charge in [-0.2, -0.15) is 0 Å². The predicted molar refractivity (Wildman–Crippen MR) is 73.1 cm³/mol. The van der Waals surface area contributed by atoms with Gasteiger partial charge in [-0.05, 0) is 6.92 Å². The average molecular weight is 323 g/mol. The lowest BCUT2D eigenvalue weighted by Gasteiger charge is -2.26. The maximum absolute atomic E-state index is 12.2. The molecule has 0 amide bonds. The van der Waals surface area contributed by atoms with Gasteiger partial charge in [-0.3, -0.25) is 9.59 Å². The van der Waals surface area contributed by atoms with E-state index in [1.165, 1.54) is 6.07 Å². The number of fused-ring (bicyclic) bond motifs is 3. The van der Waals surface area contributed by atoms with Crippen LogP contribution in [-0.4, -0.2) is 35.2 Å². The number of ether oxygens (including phenoxy) is 4. The van der Waals surface area contributed by atoms with Crippen LogP contribution in [-0.2, 0) is 14.4 Å². The number of anilines is 1. The van der Waals surface area contributed by atoms with E-state index in [1.807, 2.05) is 0 Å². The second kappa shape index (κ2) is 5.13. The molecule has 3 rings (SSSR count). The van der Waals surface area contributed by atoms with E-state index < -0.39 is 36.4 Å². The van der Waals surface area contributed by atoms with Crippen molar-refractivity contribution in [3.8, 4) is 23.0 Å². The first-order valence-electron chi connectivity index (χ1n) is 6.79. The second-order valence-corrected chi connectivity index (χ2v) is 5.11. The summed E-state index contributed by atoms with van der Waals surface area (Å²) in [4.78, 5) is 36.2. The van der Waals surface area contributed by atoms with Crippen molar-refractivity contribution < 1.29 is 38.4 Å². The van der Waals surface area contributed by atoms with Crippen molar-refractivity contribution in [1.82, 2.24) is 0 Å². The van der Waals surface area contributed by atoms with Crippen LogP contribution in [0.1, 0.15) is 19.8 Å². The minimum atomic E-state index is -2.39. The fourth-order valence-electron chi connectivity index (χ4n) is 2.35. The van der Waals surface area contributed by atoms with E-state index in [9.17, 15) is 19.5 Å². The Balaban J connectivity index is 2.31. The maximum Gasteiger partial charge on any atom is 0.345 e. The molecule has 1 aromatic carbocycles. The number of rotatable bonds is 2. The molecular formula is C14H13NO8. The highest BCUT2D eigenvalue weighted by Gasteiger charge is 2.48. The van der Waals surface area contributed by atoms with E-state index in [2.05, 4.69) is 0 Å². The largest absolute Gasteiger partial charge is 0.487 e. The second-order valence-electron chi connectivity index (χ2n) is 5.11. The highest BCUT2D eigenvalue weighted by atomic mass is 16.6. The molecule has 1 aromatic rings. The van der Waals surface area contributed by atoms with Crippen LogP contribution in [0, 0.1) is 0 Å². The van der Waals surface area contributed by atoms with Crippen LogP contribution in [0.15, 0.2) is 6.07 Å². The van der Waals surface area contributed by atoms with E-state index >= 15 is 0 Å². The SMILES string of the molecule is CCOc1c2cc(N)c3c1OC(=O)C(O)(CC(=O)O2)CC(=O)O3. The summed E-state index contributed by atoms with van der Waals surface area (Å²) in [6, 6.07) is 1.22. The fourth-order valence-corrected chi connectivity index (χ4v) is 2.35. The topological polar surface area (TPSA) is 134 Å². The number of carbonyl (C=O) groups excluding carboxylic acids is 3. The smallest absolute Gasteiger partial charge is 0.345 e. The Labute approximate surface area is 129 Å². The van der Waals surface area contributed by atoms with Gasteiger partial charge in [0.15, 0.2) is 11.4 Å². The molecule has 0 spiro atoms. The first-order chi connectivity index (χ1) is 10.8. The number of aliphatic hydroxyl groups is 1. The van der Waals surface area contributed by atoms with Crippen molar-refractivity contribution in [2.75, 3.05) is 12.3 Å². The molecule has 0 aliphatic carbocycles. The van der Waals surface area contributed by atoms with E-state index in [0.29, 0.717) is 0 Å². The molecule has 9 heteroatoms. The van der Waals surface area contributed by atoms with Crippen LogP contribution in [0.3, 0.4) is 0 Å². The Bertz CT molecular complexity index is 728. The summed E-state index contributed by atoms with van der Waals surface area (Å²) in [6.45, 7) is 1.80. The lowest BCUT2D eigenvalue weighted by Crippen LogP contribution is -2.47. The molecule has 9 nitrogen and oxygen atoms in total. The van der Waals surface area contributed by atoms with E-state index in [1.54, 1.807) is 6.92 Å². The zero-order chi connectivity index (χ0) is 16.8. The zero-order valence-electron chi connectivity index (χ0n) is 12.1. The Hall–Kier alpha value is -2.81. The van der Waals surface area contributed by atoms with Gasteiger partial charge in [-0.25, -0.2) is 4.79 Å². The van der Waals surface area contributed by atoms with Crippen LogP contribution in [0.2, 0.25) is 0 Å². The van der Waals surface area contributed by atoms with Gasteiger partial charge in [0, 0.05) is 6.07 Å². The van der Waals surface area contributed by atoms with Crippen LogP contribution in [0.4, 0.5) is 5.69 Å². The number of hydrogen-bond donors (Lipinski definition) is 2. The third-order valence-corrected chi connectivity index (χ3v) is 3.36. The van der Waals surface area contributed by atoms with E-state index in [-0.39, 0.29) is 35.3 Å². The minimum absolute atomic E-state index is 0.0836. The van der Waals surface area contributed by atoms with Gasteiger partial charge in [0.05, 0.1) is 25.1 Å². The van der Waals surface area contributed by atoms with Crippen molar-refractivity contribution >= 4 is 23.6 Å². The first kappa shape index (κ1) is 15.1. The van der Waals surface area contributed by atoms with Crippen molar-refractivity contribution in [1.29, 1.82) is 0 Å². The van der Waals surface area contributed by atoms with Crippen LogP contribution >= 0.6 is 0 Å². The van der Waals surface area contributed by atoms with Crippen molar-refractivity contribution in [2.24, 2.45) is 0 Å². The average Bonchev–Trinajstić information content (AvgIpc) is 2.45. The number of hydrogen-bond acceptors (Lipinski definition) is 9. The summed E-state index contributed by atoms with van der Waals surface area (Å²) in [6.07, 6.45) is -1.55. The van der Waals surface area contributed by atoms with Crippen molar-refractivity contribution in [3.63, 3.8) is 0 Å². The Morgan fingerprint density at radius 3 is 2.48 bits per heavy atom. The summed E-state index contributed by atoms with van der Waals surface area (Å²) in [7, 11) is 0. The van der Waals surface area contributed by atoms with Gasteiger partial charge in [-0.1, -0.05) is 0 Å². The lowest BCUT2D eigenvalue weighted by atomic mass is 9.95. The molecule has 0 saturated heterocycles. The lowest BCUT2D eigenvalue weighted by molar-refractivity contribution is -0.168. The molecular weight excluding hydrogens is 310 g/mol.